The van der Waals surface area contributed by atoms with Crippen LogP contribution in [-0.2, 0) is 16.6 Å². The summed E-state index contributed by atoms with van der Waals surface area (Å²) in [4.78, 5) is 4.81. The van der Waals surface area contributed by atoms with Crippen LogP contribution in [0.25, 0.3) is 0 Å². The number of anilines is 1. The van der Waals surface area contributed by atoms with Gasteiger partial charge in [-0.05, 0) is 31.9 Å². The van der Waals surface area contributed by atoms with Crippen molar-refractivity contribution in [2.24, 2.45) is 0 Å². The second-order valence-electron chi connectivity index (χ2n) is 6.22. The van der Waals surface area contributed by atoms with E-state index in [-0.39, 0.29) is 29.4 Å². The topological polar surface area (TPSA) is 95.4 Å². The number of hydrogen-bond donors (Lipinski definition) is 2. The number of aromatic nitrogens is 2. The largest absolute Gasteiger partial charge is 0.393 e. The molecule has 1 saturated heterocycles. The van der Waals surface area contributed by atoms with Gasteiger partial charge in [0.1, 0.15) is 22.9 Å². The van der Waals surface area contributed by atoms with Crippen molar-refractivity contribution in [3.05, 3.63) is 35.7 Å². The fourth-order valence-corrected chi connectivity index (χ4v) is 4.67. The third kappa shape index (κ3) is 4.17. The van der Waals surface area contributed by atoms with E-state index in [0.29, 0.717) is 25.5 Å². The summed E-state index contributed by atoms with van der Waals surface area (Å²) >= 11 is 0.787. The highest BCUT2D eigenvalue weighted by Crippen LogP contribution is 2.25. The van der Waals surface area contributed by atoms with Gasteiger partial charge in [-0.2, -0.15) is 4.37 Å². The summed E-state index contributed by atoms with van der Waals surface area (Å²) in [6.45, 7) is 2.60. The molecule has 0 unspecified atom stereocenters. The van der Waals surface area contributed by atoms with Crippen LogP contribution in [0.4, 0.5) is 13.9 Å². The van der Waals surface area contributed by atoms with E-state index < -0.39 is 26.6 Å². The second-order valence-corrected chi connectivity index (χ2v) is 8.65. The Labute approximate surface area is 153 Å². The number of aliphatic hydroxyl groups is 1. The number of benzene rings is 1. The summed E-state index contributed by atoms with van der Waals surface area (Å²) in [5.74, 6) is -1.84. The first-order valence-electron chi connectivity index (χ1n) is 7.96. The van der Waals surface area contributed by atoms with Crippen molar-refractivity contribution in [1.82, 2.24) is 14.3 Å². The highest BCUT2D eigenvalue weighted by molar-refractivity contribution is 7.93. The number of halogens is 2. The molecule has 0 aliphatic carbocycles. The van der Waals surface area contributed by atoms with E-state index >= 15 is 0 Å². The Balaban J connectivity index is 1.82. The van der Waals surface area contributed by atoms with Crippen LogP contribution in [0.5, 0.6) is 0 Å². The number of rotatable bonds is 5. The van der Waals surface area contributed by atoms with E-state index in [1.165, 1.54) is 0 Å². The SMILES string of the molecule is C[C@@H]1C[C@H](O)CCN1Cc1cc(F)c(S(=O)(=O)Nc2ncns2)cc1F. The molecule has 26 heavy (non-hydrogen) atoms. The van der Waals surface area contributed by atoms with Crippen LogP contribution in [0.3, 0.4) is 0 Å². The van der Waals surface area contributed by atoms with Crippen LogP contribution in [0.15, 0.2) is 23.4 Å². The van der Waals surface area contributed by atoms with E-state index in [1.54, 1.807) is 0 Å². The van der Waals surface area contributed by atoms with E-state index in [1.807, 2.05) is 11.8 Å². The molecule has 0 saturated carbocycles. The quantitative estimate of drug-likeness (QED) is 0.791. The molecule has 0 amide bonds. The van der Waals surface area contributed by atoms with Gasteiger partial charge in [-0.15, -0.1) is 0 Å². The molecule has 1 aromatic carbocycles. The summed E-state index contributed by atoms with van der Waals surface area (Å²) < 4.78 is 59.0. The summed E-state index contributed by atoms with van der Waals surface area (Å²) in [7, 11) is -4.31. The number of nitrogens with zero attached hydrogens (tertiary/aromatic N) is 3. The Kier molecular flexibility index (Phi) is 5.51. The molecule has 3 rings (SSSR count). The van der Waals surface area contributed by atoms with E-state index in [0.717, 1.165) is 23.9 Å². The van der Waals surface area contributed by atoms with Gasteiger partial charge in [0, 0.05) is 36.2 Å². The van der Waals surface area contributed by atoms with Crippen molar-refractivity contribution in [1.29, 1.82) is 0 Å². The molecule has 0 radical (unpaired) electrons. The van der Waals surface area contributed by atoms with Crippen molar-refractivity contribution in [3.63, 3.8) is 0 Å². The van der Waals surface area contributed by atoms with Crippen LogP contribution in [0, 0.1) is 11.6 Å². The van der Waals surface area contributed by atoms with Crippen LogP contribution in [0.2, 0.25) is 0 Å². The lowest BCUT2D eigenvalue weighted by molar-refractivity contribution is 0.0436. The van der Waals surface area contributed by atoms with Gasteiger partial charge >= 0.3 is 0 Å². The Bertz CT molecular complexity index is 877. The molecule has 2 atom stereocenters. The minimum Gasteiger partial charge on any atom is -0.393 e. The highest BCUT2D eigenvalue weighted by atomic mass is 32.2. The van der Waals surface area contributed by atoms with Crippen LogP contribution >= 0.6 is 11.5 Å². The predicted molar refractivity (Wildman–Crippen MR) is 92.2 cm³/mol. The fraction of sp³-hybridized carbons (Fsp3) is 0.467. The van der Waals surface area contributed by atoms with Gasteiger partial charge in [0.15, 0.2) is 0 Å². The van der Waals surface area contributed by atoms with Gasteiger partial charge in [-0.3, -0.25) is 9.62 Å². The lowest BCUT2D eigenvalue weighted by Crippen LogP contribution is -2.42. The number of sulfonamides is 1. The zero-order valence-electron chi connectivity index (χ0n) is 13.9. The summed E-state index contributed by atoms with van der Waals surface area (Å²) in [5.41, 5.74) is 0.0700. The molecule has 11 heteroatoms. The Hall–Kier alpha value is -1.69. The average molecular weight is 404 g/mol. The number of hydrogen-bond acceptors (Lipinski definition) is 7. The van der Waals surface area contributed by atoms with Crippen molar-refractivity contribution >= 4 is 26.7 Å². The molecule has 2 N–H and O–H groups in total. The van der Waals surface area contributed by atoms with Crippen LogP contribution in [0.1, 0.15) is 25.3 Å². The minimum absolute atomic E-state index is 0.0173. The van der Waals surface area contributed by atoms with E-state index in [2.05, 4.69) is 14.1 Å². The maximum atomic E-state index is 14.4. The molecule has 142 valence electrons. The lowest BCUT2D eigenvalue weighted by atomic mass is 10.00. The van der Waals surface area contributed by atoms with Gasteiger partial charge in [0.2, 0.25) is 5.13 Å². The van der Waals surface area contributed by atoms with Crippen molar-refractivity contribution in [2.45, 2.75) is 43.4 Å². The van der Waals surface area contributed by atoms with Crippen molar-refractivity contribution in [2.75, 3.05) is 11.3 Å². The summed E-state index contributed by atoms with van der Waals surface area (Å²) in [6, 6.07) is 1.60. The normalized spacial score (nSPS) is 21.7. The standard InChI is InChI=1S/C15H18F2N4O3S2/c1-9-4-11(22)2-3-21(9)7-10-5-13(17)14(6-12(10)16)26(23,24)20-15-18-8-19-25-15/h5-6,8-9,11,22H,2-4,7H2,1H3,(H,18,19,20)/t9-,11-/m1/s1. The summed E-state index contributed by atoms with van der Waals surface area (Å²) in [6.07, 6.45) is 1.88. The smallest absolute Gasteiger partial charge is 0.266 e. The van der Waals surface area contributed by atoms with Crippen LogP contribution < -0.4 is 4.72 Å². The molecule has 0 spiro atoms. The molecule has 7 nitrogen and oxygen atoms in total. The average Bonchev–Trinajstić information content (AvgIpc) is 3.05. The van der Waals surface area contributed by atoms with E-state index in [4.69, 9.17) is 0 Å². The molecule has 1 aliphatic rings. The zero-order chi connectivity index (χ0) is 18.9. The lowest BCUT2D eigenvalue weighted by Gasteiger charge is -2.35. The van der Waals surface area contributed by atoms with Gasteiger partial charge < -0.3 is 5.11 Å². The van der Waals surface area contributed by atoms with E-state index in [9.17, 15) is 22.3 Å². The number of aliphatic hydroxyl groups excluding tert-OH is 1. The maximum Gasteiger partial charge on any atom is 0.266 e. The van der Waals surface area contributed by atoms with Gasteiger partial charge in [-0.1, -0.05) is 0 Å². The summed E-state index contributed by atoms with van der Waals surface area (Å²) in [5, 5.41) is 9.62. The second kappa shape index (κ2) is 7.51. The van der Waals surface area contributed by atoms with Gasteiger partial charge in [0.25, 0.3) is 10.0 Å². The third-order valence-corrected chi connectivity index (χ3v) is 6.40. The number of likely N-dealkylation sites (tertiary alicyclic amines) is 1. The van der Waals surface area contributed by atoms with Crippen molar-refractivity contribution in [3.8, 4) is 0 Å². The molecule has 0 bridgehead atoms. The Morgan fingerprint density at radius 3 is 2.81 bits per heavy atom. The first kappa shape index (κ1) is 19.1. The zero-order valence-corrected chi connectivity index (χ0v) is 15.5. The Morgan fingerprint density at radius 2 is 2.15 bits per heavy atom. The Morgan fingerprint density at radius 1 is 1.38 bits per heavy atom. The number of piperidine rings is 1. The molecule has 2 heterocycles. The minimum atomic E-state index is -4.31. The van der Waals surface area contributed by atoms with Crippen molar-refractivity contribution < 1.29 is 22.3 Å². The molecular weight excluding hydrogens is 386 g/mol. The monoisotopic (exact) mass is 404 g/mol. The predicted octanol–water partition coefficient (Wildman–Crippen LogP) is 1.96. The van der Waals surface area contributed by atoms with Crippen LogP contribution in [-0.4, -0.2) is 46.5 Å². The van der Waals surface area contributed by atoms with Gasteiger partial charge in [-0.25, -0.2) is 22.2 Å². The number of nitrogens with one attached hydrogen (secondary N) is 1. The first-order valence-corrected chi connectivity index (χ1v) is 10.2. The molecule has 1 aromatic heterocycles. The molecule has 1 aliphatic heterocycles. The molecule has 2 aromatic rings. The molecule has 1 fully saturated rings. The van der Waals surface area contributed by atoms with Gasteiger partial charge in [0.05, 0.1) is 6.10 Å². The highest BCUT2D eigenvalue weighted by Gasteiger charge is 2.27. The third-order valence-electron chi connectivity index (χ3n) is 4.33. The maximum absolute atomic E-state index is 14.4. The molecular formula is C15H18F2N4O3S2. The fourth-order valence-electron chi connectivity index (χ4n) is 2.93. The first-order chi connectivity index (χ1) is 12.3.